The molecule has 0 radical (unpaired) electrons. The van der Waals surface area contributed by atoms with Crippen LogP contribution in [-0.4, -0.2) is 32.1 Å². The number of unbranched alkanes of at least 4 members (excludes halogenated alkanes) is 1. The number of benzene rings is 1. The molecule has 0 saturated heterocycles. The third kappa shape index (κ3) is 4.98. The number of nitrogen functional groups attached to an aromatic ring is 1. The molecule has 0 atom stereocenters. The highest BCUT2D eigenvalue weighted by Gasteiger charge is 1.98. The summed E-state index contributed by atoms with van der Waals surface area (Å²) in [6.07, 6.45) is 2.19. The van der Waals surface area contributed by atoms with Crippen LogP contribution in [0, 0.1) is 5.82 Å². The van der Waals surface area contributed by atoms with E-state index < -0.39 is 0 Å². The highest BCUT2D eigenvalue weighted by molar-refractivity contribution is 5.54. The summed E-state index contributed by atoms with van der Waals surface area (Å²) in [4.78, 5) is 2.15. The molecule has 0 heterocycles. The zero-order valence-corrected chi connectivity index (χ0v) is 9.96. The molecule has 16 heavy (non-hydrogen) atoms. The molecule has 0 spiro atoms. The Hall–Kier alpha value is -1.29. The molecule has 90 valence electrons. The number of nitrogens with one attached hydrogen (secondary N) is 1. The van der Waals surface area contributed by atoms with E-state index >= 15 is 0 Å². The second-order valence-corrected chi connectivity index (χ2v) is 4.21. The molecule has 0 aliphatic heterocycles. The van der Waals surface area contributed by atoms with Crippen LogP contribution in [-0.2, 0) is 0 Å². The summed E-state index contributed by atoms with van der Waals surface area (Å²) in [6, 6.07) is 4.52. The standard InChI is InChI=1S/C12H20FN3/c1-16(2)6-4-3-5-15-12-8-10(13)7-11(14)9-12/h7-9,15H,3-6,14H2,1-2H3. The Labute approximate surface area is 96.4 Å². The van der Waals surface area contributed by atoms with Crippen molar-refractivity contribution in [2.45, 2.75) is 12.8 Å². The average Bonchev–Trinajstić information content (AvgIpc) is 2.15. The molecule has 0 fully saturated rings. The lowest BCUT2D eigenvalue weighted by Gasteiger charge is -2.10. The van der Waals surface area contributed by atoms with Crippen LogP contribution in [0.1, 0.15) is 12.8 Å². The van der Waals surface area contributed by atoms with E-state index in [0.29, 0.717) is 5.69 Å². The maximum Gasteiger partial charge on any atom is 0.127 e. The molecule has 1 aromatic carbocycles. The quantitative estimate of drug-likeness (QED) is 0.576. The van der Waals surface area contributed by atoms with Crippen LogP contribution in [0.3, 0.4) is 0 Å². The maximum absolute atomic E-state index is 13.0. The molecule has 3 nitrogen and oxygen atoms in total. The van der Waals surface area contributed by atoms with Gasteiger partial charge < -0.3 is 16.0 Å². The van der Waals surface area contributed by atoms with Gasteiger partial charge in [0.15, 0.2) is 0 Å². The Bertz CT molecular complexity index is 306. The lowest BCUT2D eigenvalue weighted by molar-refractivity contribution is 0.396. The van der Waals surface area contributed by atoms with E-state index in [4.69, 9.17) is 5.73 Å². The van der Waals surface area contributed by atoms with Gasteiger partial charge in [-0.2, -0.15) is 0 Å². The zero-order valence-electron chi connectivity index (χ0n) is 9.96. The van der Waals surface area contributed by atoms with Crippen molar-refractivity contribution < 1.29 is 4.39 Å². The van der Waals surface area contributed by atoms with Gasteiger partial charge in [0.1, 0.15) is 5.82 Å². The van der Waals surface area contributed by atoms with Crippen LogP contribution >= 0.6 is 0 Å². The van der Waals surface area contributed by atoms with Crippen molar-refractivity contribution in [3.05, 3.63) is 24.0 Å². The monoisotopic (exact) mass is 225 g/mol. The predicted molar refractivity (Wildman–Crippen MR) is 67.1 cm³/mol. The average molecular weight is 225 g/mol. The van der Waals surface area contributed by atoms with E-state index in [0.717, 1.165) is 31.6 Å². The SMILES string of the molecule is CN(C)CCCCNc1cc(N)cc(F)c1. The van der Waals surface area contributed by atoms with Crippen molar-refractivity contribution in [2.75, 3.05) is 38.2 Å². The first-order valence-corrected chi connectivity index (χ1v) is 5.52. The normalized spacial score (nSPS) is 10.8. The van der Waals surface area contributed by atoms with E-state index in [1.807, 2.05) is 0 Å². The van der Waals surface area contributed by atoms with Gasteiger partial charge in [0.25, 0.3) is 0 Å². The summed E-state index contributed by atoms with van der Waals surface area (Å²) in [5.74, 6) is -0.296. The smallest absolute Gasteiger partial charge is 0.127 e. The molecule has 1 rings (SSSR count). The minimum absolute atomic E-state index is 0.296. The molecule has 0 aromatic heterocycles. The molecule has 0 saturated carbocycles. The van der Waals surface area contributed by atoms with Crippen LogP contribution in [0.5, 0.6) is 0 Å². The third-order valence-electron chi connectivity index (χ3n) is 2.28. The van der Waals surface area contributed by atoms with Gasteiger partial charge in [-0.25, -0.2) is 4.39 Å². The van der Waals surface area contributed by atoms with E-state index in [1.54, 1.807) is 6.07 Å². The predicted octanol–water partition coefficient (Wildman–Crippen LogP) is 2.16. The molecular weight excluding hydrogens is 205 g/mol. The Balaban J connectivity index is 2.26. The number of nitrogens with two attached hydrogens (primary N) is 1. The van der Waals surface area contributed by atoms with Gasteiger partial charge >= 0.3 is 0 Å². The van der Waals surface area contributed by atoms with Crippen LogP contribution in [0.2, 0.25) is 0 Å². The summed E-state index contributed by atoms with van der Waals surface area (Å²) >= 11 is 0. The summed E-state index contributed by atoms with van der Waals surface area (Å²) in [6.45, 7) is 1.92. The fraction of sp³-hybridized carbons (Fsp3) is 0.500. The van der Waals surface area contributed by atoms with Gasteiger partial charge in [-0.15, -0.1) is 0 Å². The van der Waals surface area contributed by atoms with Gasteiger partial charge in [-0.1, -0.05) is 0 Å². The minimum Gasteiger partial charge on any atom is -0.399 e. The summed E-state index contributed by atoms with van der Waals surface area (Å²) in [7, 11) is 4.11. The first kappa shape index (κ1) is 12.8. The van der Waals surface area contributed by atoms with E-state index in [1.165, 1.54) is 12.1 Å². The third-order valence-corrected chi connectivity index (χ3v) is 2.28. The Kier molecular flexibility index (Phi) is 5.05. The van der Waals surface area contributed by atoms with Gasteiger partial charge in [-0.05, 0) is 51.7 Å². The van der Waals surface area contributed by atoms with Crippen LogP contribution in [0.25, 0.3) is 0 Å². The first-order chi connectivity index (χ1) is 7.58. The number of hydrogen-bond donors (Lipinski definition) is 2. The summed E-state index contributed by atoms with van der Waals surface area (Å²) < 4.78 is 13.0. The number of rotatable bonds is 6. The van der Waals surface area contributed by atoms with Crippen LogP contribution < -0.4 is 11.1 Å². The van der Waals surface area contributed by atoms with Crippen molar-refractivity contribution in [1.29, 1.82) is 0 Å². The van der Waals surface area contributed by atoms with Crippen LogP contribution in [0.15, 0.2) is 18.2 Å². The lowest BCUT2D eigenvalue weighted by Crippen LogP contribution is -2.14. The highest BCUT2D eigenvalue weighted by atomic mass is 19.1. The van der Waals surface area contributed by atoms with Gasteiger partial charge in [0.05, 0.1) is 0 Å². The molecule has 0 unspecified atom stereocenters. The summed E-state index contributed by atoms with van der Waals surface area (Å²) in [5.41, 5.74) is 6.75. The Morgan fingerprint density at radius 1 is 1.25 bits per heavy atom. The Morgan fingerprint density at radius 2 is 2.00 bits per heavy atom. The summed E-state index contributed by atoms with van der Waals surface area (Å²) in [5, 5.41) is 3.16. The molecule has 3 N–H and O–H groups in total. The van der Waals surface area contributed by atoms with E-state index in [2.05, 4.69) is 24.3 Å². The molecule has 0 aliphatic rings. The molecule has 0 bridgehead atoms. The van der Waals surface area contributed by atoms with Crippen molar-refractivity contribution in [1.82, 2.24) is 4.90 Å². The Morgan fingerprint density at radius 3 is 2.62 bits per heavy atom. The second kappa shape index (κ2) is 6.33. The van der Waals surface area contributed by atoms with Crippen LogP contribution in [0.4, 0.5) is 15.8 Å². The lowest BCUT2D eigenvalue weighted by atomic mass is 10.2. The maximum atomic E-state index is 13.0. The molecule has 0 amide bonds. The van der Waals surface area contributed by atoms with E-state index in [9.17, 15) is 4.39 Å². The van der Waals surface area contributed by atoms with Gasteiger partial charge in [0.2, 0.25) is 0 Å². The van der Waals surface area contributed by atoms with Crippen molar-refractivity contribution in [3.8, 4) is 0 Å². The van der Waals surface area contributed by atoms with E-state index in [-0.39, 0.29) is 5.82 Å². The number of anilines is 2. The minimum atomic E-state index is -0.296. The zero-order chi connectivity index (χ0) is 12.0. The first-order valence-electron chi connectivity index (χ1n) is 5.52. The van der Waals surface area contributed by atoms with Gasteiger partial charge in [-0.3, -0.25) is 0 Å². The number of hydrogen-bond acceptors (Lipinski definition) is 3. The van der Waals surface area contributed by atoms with Crippen molar-refractivity contribution in [3.63, 3.8) is 0 Å². The van der Waals surface area contributed by atoms with Crippen molar-refractivity contribution in [2.24, 2.45) is 0 Å². The number of nitrogens with zero attached hydrogens (tertiary/aromatic N) is 1. The van der Waals surface area contributed by atoms with Gasteiger partial charge in [0, 0.05) is 17.9 Å². The largest absolute Gasteiger partial charge is 0.399 e. The molecule has 4 heteroatoms. The highest BCUT2D eigenvalue weighted by Crippen LogP contribution is 2.15. The topological polar surface area (TPSA) is 41.3 Å². The fourth-order valence-electron chi connectivity index (χ4n) is 1.50. The molecular formula is C12H20FN3. The molecule has 1 aromatic rings. The van der Waals surface area contributed by atoms with Crippen molar-refractivity contribution >= 4 is 11.4 Å². The fourth-order valence-corrected chi connectivity index (χ4v) is 1.50. The molecule has 0 aliphatic carbocycles. The number of halogens is 1. The second-order valence-electron chi connectivity index (χ2n) is 4.21.